The number of esters is 2. The van der Waals surface area contributed by atoms with Gasteiger partial charge in [0, 0.05) is 5.02 Å². The van der Waals surface area contributed by atoms with E-state index in [9.17, 15) is 9.59 Å². The van der Waals surface area contributed by atoms with E-state index in [2.05, 4.69) is 0 Å². The van der Waals surface area contributed by atoms with E-state index in [1.54, 1.807) is 62.4 Å². The van der Waals surface area contributed by atoms with Crippen LogP contribution in [0.2, 0.25) is 5.02 Å². The molecule has 0 spiro atoms. The van der Waals surface area contributed by atoms with E-state index in [0.29, 0.717) is 10.6 Å². The van der Waals surface area contributed by atoms with Crippen molar-refractivity contribution in [1.82, 2.24) is 0 Å². The summed E-state index contributed by atoms with van der Waals surface area (Å²) in [5.41, 5.74) is 2.12. The molecular formula is C19H19ClO4. The van der Waals surface area contributed by atoms with Crippen LogP contribution in [0.25, 0.3) is 0 Å². The Balaban J connectivity index is 1.84. The highest BCUT2D eigenvalue weighted by Crippen LogP contribution is 2.12. The highest BCUT2D eigenvalue weighted by Gasteiger charge is 2.10. The summed E-state index contributed by atoms with van der Waals surface area (Å²) in [6, 6.07) is 13.9. The number of hydrogen-bond donors (Lipinski definition) is 0. The first-order chi connectivity index (χ1) is 11.4. The molecule has 2 rings (SSSR count). The molecule has 0 N–H and O–H groups in total. The number of rotatable bonds is 6. The fourth-order valence-corrected chi connectivity index (χ4v) is 2.13. The smallest absolute Gasteiger partial charge is 0.338 e. The molecule has 0 aliphatic heterocycles. The first kappa shape index (κ1) is 18.0. The van der Waals surface area contributed by atoms with Crippen LogP contribution in [0.15, 0.2) is 48.5 Å². The van der Waals surface area contributed by atoms with Crippen molar-refractivity contribution in [2.75, 3.05) is 0 Å². The van der Waals surface area contributed by atoms with E-state index < -0.39 is 0 Å². The lowest BCUT2D eigenvalue weighted by atomic mass is 10.1. The second-order valence-corrected chi connectivity index (χ2v) is 6.05. The number of hydrogen-bond acceptors (Lipinski definition) is 4. The van der Waals surface area contributed by atoms with Crippen LogP contribution in [-0.4, -0.2) is 18.0 Å². The summed E-state index contributed by atoms with van der Waals surface area (Å²) in [5.74, 6) is -0.683. The molecule has 0 bridgehead atoms. The zero-order chi connectivity index (χ0) is 17.5. The Morgan fingerprint density at radius 1 is 0.958 bits per heavy atom. The van der Waals surface area contributed by atoms with Crippen molar-refractivity contribution in [2.24, 2.45) is 0 Å². The molecule has 0 saturated carbocycles. The van der Waals surface area contributed by atoms with Gasteiger partial charge in [-0.25, -0.2) is 4.79 Å². The summed E-state index contributed by atoms with van der Waals surface area (Å²) in [5, 5.41) is 0.628. The number of ether oxygens (including phenoxy) is 2. The van der Waals surface area contributed by atoms with Gasteiger partial charge in [-0.2, -0.15) is 0 Å². The SMILES string of the molecule is CC(C)OC(=O)c1ccc(COC(=O)Cc2ccc(Cl)cc2)cc1. The molecule has 126 valence electrons. The van der Waals surface area contributed by atoms with E-state index in [-0.39, 0.29) is 31.1 Å². The molecule has 2 aromatic rings. The summed E-state index contributed by atoms with van der Waals surface area (Å²) >= 11 is 5.80. The molecule has 0 aliphatic carbocycles. The van der Waals surface area contributed by atoms with Crippen LogP contribution < -0.4 is 0 Å². The first-order valence-electron chi connectivity index (χ1n) is 7.64. The number of carbonyl (C=O) groups excluding carboxylic acids is 2. The third-order valence-corrected chi connectivity index (χ3v) is 3.45. The average Bonchev–Trinajstić information content (AvgIpc) is 2.55. The summed E-state index contributed by atoms with van der Waals surface area (Å²) in [6.07, 6.45) is 0.0293. The van der Waals surface area contributed by atoms with Gasteiger partial charge in [0.15, 0.2) is 0 Å². The summed E-state index contributed by atoms with van der Waals surface area (Å²) < 4.78 is 10.4. The van der Waals surface area contributed by atoms with Crippen molar-refractivity contribution in [3.63, 3.8) is 0 Å². The average molecular weight is 347 g/mol. The fraction of sp³-hybridized carbons (Fsp3) is 0.263. The molecular weight excluding hydrogens is 328 g/mol. The van der Waals surface area contributed by atoms with Crippen LogP contribution in [0.4, 0.5) is 0 Å². The standard InChI is InChI=1S/C19H19ClO4/c1-13(2)24-19(22)16-7-3-15(4-8-16)12-23-18(21)11-14-5-9-17(20)10-6-14/h3-10,13H,11-12H2,1-2H3. The summed E-state index contributed by atoms with van der Waals surface area (Å²) in [4.78, 5) is 23.6. The molecule has 0 unspecified atom stereocenters. The molecule has 0 aliphatic rings. The van der Waals surface area contributed by atoms with Gasteiger partial charge in [-0.15, -0.1) is 0 Å². The predicted molar refractivity (Wildman–Crippen MR) is 91.9 cm³/mol. The van der Waals surface area contributed by atoms with Gasteiger partial charge in [-0.3, -0.25) is 4.79 Å². The zero-order valence-corrected chi connectivity index (χ0v) is 14.4. The predicted octanol–water partition coefficient (Wildman–Crippen LogP) is 4.19. The van der Waals surface area contributed by atoms with Crippen LogP contribution in [0, 0.1) is 0 Å². The Labute approximate surface area is 146 Å². The zero-order valence-electron chi connectivity index (χ0n) is 13.6. The molecule has 0 radical (unpaired) electrons. The molecule has 0 amide bonds. The van der Waals surface area contributed by atoms with Gasteiger partial charge in [0.05, 0.1) is 18.1 Å². The molecule has 0 aromatic heterocycles. The topological polar surface area (TPSA) is 52.6 Å². The lowest BCUT2D eigenvalue weighted by Crippen LogP contribution is -2.11. The first-order valence-corrected chi connectivity index (χ1v) is 8.02. The highest BCUT2D eigenvalue weighted by atomic mass is 35.5. The minimum Gasteiger partial charge on any atom is -0.461 e. The number of carbonyl (C=O) groups is 2. The molecule has 0 saturated heterocycles. The fourth-order valence-electron chi connectivity index (χ4n) is 2.00. The quantitative estimate of drug-likeness (QED) is 0.736. The lowest BCUT2D eigenvalue weighted by molar-refractivity contribution is -0.144. The molecule has 24 heavy (non-hydrogen) atoms. The summed E-state index contributed by atoms with van der Waals surface area (Å²) in [7, 11) is 0. The minimum absolute atomic E-state index is 0.159. The molecule has 0 atom stereocenters. The minimum atomic E-state index is -0.365. The normalized spacial score (nSPS) is 10.5. The van der Waals surface area contributed by atoms with Crippen molar-refractivity contribution in [3.8, 4) is 0 Å². The Kier molecular flexibility index (Phi) is 6.38. The Bertz CT molecular complexity index is 690. The molecule has 5 heteroatoms. The maximum absolute atomic E-state index is 11.8. The van der Waals surface area contributed by atoms with Crippen molar-refractivity contribution in [3.05, 3.63) is 70.2 Å². The molecule has 0 fully saturated rings. The van der Waals surface area contributed by atoms with E-state index in [1.165, 1.54) is 0 Å². The van der Waals surface area contributed by atoms with Crippen LogP contribution in [0.1, 0.15) is 35.3 Å². The van der Waals surface area contributed by atoms with Gasteiger partial charge in [-0.1, -0.05) is 35.9 Å². The molecule has 4 nitrogen and oxygen atoms in total. The van der Waals surface area contributed by atoms with Crippen LogP contribution in [0.3, 0.4) is 0 Å². The van der Waals surface area contributed by atoms with Crippen LogP contribution in [-0.2, 0) is 27.3 Å². The van der Waals surface area contributed by atoms with Gasteiger partial charge < -0.3 is 9.47 Å². The van der Waals surface area contributed by atoms with E-state index in [0.717, 1.165) is 11.1 Å². The number of halogens is 1. The second-order valence-electron chi connectivity index (χ2n) is 5.61. The van der Waals surface area contributed by atoms with Gasteiger partial charge >= 0.3 is 11.9 Å². The molecule has 0 heterocycles. The van der Waals surface area contributed by atoms with Gasteiger partial charge in [0.1, 0.15) is 6.61 Å². The van der Waals surface area contributed by atoms with Gasteiger partial charge in [0.25, 0.3) is 0 Å². The second kappa shape index (κ2) is 8.50. The van der Waals surface area contributed by atoms with Gasteiger partial charge in [0.2, 0.25) is 0 Å². The lowest BCUT2D eigenvalue weighted by Gasteiger charge is -2.09. The van der Waals surface area contributed by atoms with E-state index >= 15 is 0 Å². The van der Waals surface area contributed by atoms with Gasteiger partial charge in [-0.05, 0) is 49.2 Å². The van der Waals surface area contributed by atoms with Crippen molar-refractivity contribution < 1.29 is 19.1 Å². The Morgan fingerprint density at radius 2 is 1.54 bits per heavy atom. The monoisotopic (exact) mass is 346 g/mol. The van der Waals surface area contributed by atoms with E-state index in [1.807, 2.05) is 0 Å². The maximum Gasteiger partial charge on any atom is 0.338 e. The number of benzene rings is 2. The molecule has 2 aromatic carbocycles. The highest BCUT2D eigenvalue weighted by molar-refractivity contribution is 6.30. The third-order valence-electron chi connectivity index (χ3n) is 3.19. The van der Waals surface area contributed by atoms with Crippen molar-refractivity contribution >= 4 is 23.5 Å². The van der Waals surface area contributed by atoms with E-state index in [4.69, 9.17) is 21.1 Å². The maximum atomic E-state index is 11.8. The Hall–Kier alpha value is -2.33. The van der Waals surface area contributed by atoms with Crippen LogP contribution in [0.5, 0.6) is 0 Å². The summed E-state index contributed by atoms with van der Waals surface area (Å²) in [6.45, 7) is 3.75. The van der Waals surface area contributed by atoms with Crippen molar-refractivity contribution in [1.29, 1.82) is 0 Å². The Morgan fingerprint density at radius 3 is 2.12 bits per heavy atom. The third kappa shape index (κ3) is 5.70. The van der Waals surface area contributed by atoms with Crippen molar-refractivity contribution in [2.45, 2.75) is 33.0 Å². The largest absolute Gasteiger partial charge is 0.461 e. The van der Waals surface area contributed by atoms with Crippen LogP contribution >= 0.6 is 11.6 Å².